The van der Waals surface area contributed by atoms with Gasteiger partial charge in [0, 0.05) is 47.5 Å². The number of aromatic amines is 1. The van der Waals surface area contributed by atoms with Gasteiger partial charge in [0.1, 0.15) is 17.8 Å². The first-order chi connectivity index (χ1) is 16.1. The maximum absolute atomic E-state index is 12.7. The van der Waals surface area contributed by atoms with Crippen LogP contribution < -0.4 is 11.1 Å². The summed E-state index contributed by atoms with van der Waals surface area (Å²) in [5, 5.41) is 11.7. The molecule has 5 N–H and O–H groups in total. The van der Waals surface area contributed by atoms with Crippen molar-refractivity contribution in [2.24, 2.45) is 0 Å². The molecule has 3 heterocycles. The third-order valence-electron chi connectivity index (χ3n) is 5.79. The molecule has 1 aliphatic heterocycles. The number of nitrogen functional groups attached to an aromatic ring is 1. The highest BCUT2D eigenvalue weighted by atomic mass is 16.2. The molecule has 2 aromatic carbocycles. The number of aromatic nitrogens is 3. The van der Waals surface area contributed by atoms with Gasteiger partial charge in [-0.15, -0.1) is 0 Å². The average Bonchev–Trinajstić information content (AvgIpc) is 3.31. The molecule has 0 aliphatic carbocycles. The number of rotatable bonds is 5. The van der Waals surface area contributed by atoms with E-state index in [2.05, 4.69) is 26.3 Å². The number of H-pyrrole nitrogens is 1. The minimum atomic E-state index is 0.0488. The van der Waals surface area contributed by atoms with Crippen LogP contribution in [0.1, 0.15) is 28.0 Å². The van der Waals surface area contributed by atoms with Gasteiger partial charge >= 0.3 is 0 Å². The second kappa shape index (κ2) is 8.58. The Labute approximate surface area is 190 Å². The lowest BCUT2D eigenvalue weighted by Crippen LogP contribution is -2.34. The standard InChI is InChI=1S/C25H23N7O/c26-14-18-12-19(6-7-21(18)27)30-23-20-13-22(31-24(20)29-15-28-23)16-8-10-32(11-9-16)25(33)17-4-2-1-3-5-17/h1-8,12-15,26H,9-11,27H2,(H2,28,29,30,31). The number of carbonyl (C=O) groups is 1. The molecule has 0 bridgehead atoms. The van der Waals surface area contributed by atoms with Crippen LogP contribution in [-0.4, -0.2) is 45.1 Å². The Kier molecular flexibility index (Phi) is 5.32. The van der Waals surface area contributed by atoms with Crippen LogP contribution in [0.2, 0.25) is 0 Å². The van der Waals surface area contributed by atoms with Crippen molar-refractivity contribution < 1.29 is 4.79 Å². The number of nitrogens with one attached hydrogen (secondary N) is 3. The largest absolute Gasteiger partial charge is 0.398 e. The molecular weight excluding hydrogens is 414 g/mol. The molecule has 0 atom stereocenters. The average molecular weight is 438 g/mol. The van der Waals surface area contributed by atoms with Gasteiger partial charge < -0.3 is 26.3 Å². The number of benzene rings is 2. The zero-order chi connectivity index (χ0) is 22.8. The van der Waals surface area contributed by atoms with Crippen LogP contribution >= 0.6 is 0 Å². The Balaban J connectivity index is 1.38. The molecular formula is C25H23N7O. The molecule has 0 fully saturated rings. The SMILES string of the molecule is N=Cc1cc(Nc2ncnc3[nH]c(C4=CCN(C(=O)c5ccccc5)CC4)cc23)ccc1N. The molecule has 4 aromatic rings. The summed E-state index contributed by atoms with van der Waals surface area (Å²) in [7, 11) is 0. The second-order valence-corrected chi connectivity index (χ2v) is 7.88. The predicted molar refractivity (Wildman–Crippen MR) is 131 cm³/mol. The van der Waals surface area contributed by atoms with E-state index in [0.717, 1.165) is 34.4 Å². The minimum absolute atomic E-state index is 0.0488. The first-order valence-electron chi connectivity index (χ1n) is 10.7. The van der Waals surface area contributed by atoms with Gasteiger partial charge in [-0.1, -0.05) is 24.3 Å². The van der Waals surface area contributed by atoms with E-state index in [4.69, 9.17) is 11.1 Å². The van der Waals surface area contributed by atoms with Crippen molar-refractivity contribution in [3.8, 4) is 0 Å². The van der Waals surface area contributed by atoms with E-state index in [1.807, 2.05) is 53.4 Å². The fourth-order valence-corrected chi connectivity index (χ4v) is 3.99. The molecule has 1 aliphatic rings. The van der Waals surface area contributed by atoms with Crippen molar-refractivity contribution in [2.75, 3.05) is 24.1 Å². The van der Waals surface area contributed by atoms with E-state index in [9.17, 15) is 4.79 Å². The summed E-state index contributed by atoms with van der Waals surface area (Å²) in [4.78, 5) is 26.7. The topological polar surface area (TPSA) is 124 Å². The third kappa shape index (κ3) is 4.06. The zero-order valence-electron chi connectivity index (χ0n) is 17.9. The van der Waals surface area contributed by atoms with Crippen molar-refractivity contribution in [2.45, 2.75) is 6.42 Å². The minimum Gasteiger partial charge on any atom is -0.398 e. The van der Waals surface area contributed by atoms with Crippen molar-refractivity contribution in [3.63, 3.8) is 0 Å². The van der Waals surface area contributed by atoms with E-state index in [-0.39, 0.29) is 5.91 Å². The monoisotopic (exact) mass is 437 g/mol. The number of amides is 1. The van der Waals surface area contributed by atoms with E-state index in [1.165, 1.54) is 12.5 Å². The number of hydrogen-bond acceptors (Lipinski definition) is 6. The van der Waals surface area contributed by atoms with E-state index in [1.54, 1.807) is 6.07 Å². The smallest absolute Gasteiger partial charge is 0.254 e. The number of fused-ring (bicyclic) bond motifs is 1. The normalized spacial score (nSPS) is 13.6. The van der Waals surface area contributed by atoms with Gasteiger partial charge in [0.05, 0.1) is 5.39 Å². The van der Waals surface area contributed by atoms with Crippen LogP contribution in [0.25, 0.3) is 16.6 Å². The van der Waals surface area contributed by atoms with Gasteiger partial charge in [-0.05, 0) is 48.4 Å². The summed E-state index contributed by atoms with van der Waals surface area (Å²) >= 11 is 0. The lowest BCUT2D eigenvalue weighted by Gasteiger charge is -2.26. The molecule has 8 heteroatoms. The fraction of sp³-hybridized carbons (Fsp3) is 0.120. The van der Waals surface area contributed by atoms with Gasteiger partial charge in [0.25, 0.3) is 5.91 Å². The summed E-state index contributed by atoms with van der Waals surface area (Å²) in [6.45, 7) is 1.22. The van der Waals surface area contributed by atoms with Gasteiger partial charge in [0.15, 0.2) is 0 Å². The number of anilines is 3. The Morgan fingerprint density at radius 1 is 1.15 bits per heavy atom. The highest BCUT2D eigenvalue weighted by molar-refractivity contribution is 5.95. The van der Waals surface area contributed by atoms with Crippen molar-refractivity contribution >= 4 is 45.9 Å². The molecule has 1 amide bonds. The molecule has 0 saturated heterocycles. The first kappa shape index (κ1) is 20.4. The number of hydrogen-bond donors (Lipinski definition) is 4. The molecule has 0 unspecified atom stereocenters. The third-order valence-corrected chi connectivity index (χ3v) is 5.79. The Bertz CT molecular complexity index is 1370. The summed E-state index contributed by atoms with van der Waals surface area (Å²) < 4.78 is 0. The molecule has 33 heavy (non-hydrogen) atoms. The highest BCUT2D eigenvalue weighted by Crippen LogP contribution is 2.30. The number of nitrogens with zero attached hydrogens (tertiary/aromatic N) is 3. The highest BCUT2D eigenvalue weighted by Gasteiger charge is 2.20. The van der Waals surface area contributed by atoms with Gasteiger partial charge in [-0.2, -0.15) is 0 Å². The Hall–Kier alpha value is -4.46. The van der Waals surface area contributed by atoms with Gasteiger partial charge in [-0.3, -0.25) is 4.79 Å². The molecule has 2 aromatic heterocycles. The number of nitrogens with two attached hydrogens (primary N) is 1. The maximum atomic E-state index is 12.7. The molecule has 0 spiro atoms. The molecule has 5 rings (SSSR count). The molecule has 164 valence electrons. The summed E-state index contributed by atoms with van der Waals surface area (Å²) in [6.07, 6.45) is 5.58. The molecule has 0 saturated carbocycles. The Morgan fingerprint density at radius 2 is 2.00 bits per heavy atom. The lowest BCUT2D eigenvalue weighted by atomic mass is 10.0. The summed E-state index contributed by atoms with van der Waals surface area (Å²) in [6, 6.07) is 16.8. The Morgan fingerprint density at radius 3 is 2.76 bits per heavy atom. The summed E-state index contributed by atoms with van der Waals surface area (Å²) in [5.74, 6) is 0.716. The van der Waals surface area contributed by atoms with E-state index < -0.39 is 0 Å². The fourth-order valence-electron chi connectivity index (χ4n) is 3.99. The van der Waals surface area contributed by atoms with Crippen molar-refractivity contribution in [3.05, 3.63) is 83.8 Å². The van der Waals surface area contributed by atoms with Gasteiger partial charge in [-0.25, -0.2) is 9.97 Å². The number of carbonyl (C=O) groups excluding carboxylic acids is 1. The van der Waals surface area contributed by atoms with Crippen LogP contribution in [0.3, 0.4) is 0 Å². The summed E-state index contributed by atoms with van der Waals surface area (Å²) in [5.41, 5.74) is 11.4. The van der Waals surface area contributed by atoms with Crippen LogP contribution in [0.4, 0.5) is 17.2 Å². The van der Waals surface area contributed by atoms with E-state index >= 15 is 0 Å². The van der Waals surface area contributed by atoms with Crippen molar-refractivity contribution in [1.82, 2.24) is 19.9 Å². The van der Waals surface area contributed by atoms with Crippen LogP contribution in [0.5, 0.6) is 0 Å². The van der Waals surface area contributed by atoms with Gasteiger partial charge in [0.2, 0.25) is 0 Å². The molecule has 0 radical (unpaired) electrons. The molecule has 8 nitrogen and oxygen atoms in total. The second-order valence-electron chi connectivity index (χ2n) is 7.88. The van der Waals surface area contributed by atoms with Crippen LogP contribution in [-0.2, 0) is 0 Å². The first-order valence-corrected chi connectivity index (χ1v) is 10.7. The van der Waals surface area contributed by atoms with Crippen molar-refractivity contribution in [1.29, 1.82) is 5.41 Å². The maximum Gasteiger partial charge on any atom is 0.254 e. The lowest BCUT2D eigenvalue weighted by molar-refractivity contribution is 0.0773. The predicted octanol–water partition coefficient (Wildman–Crippen LogP) is 4.21. The zero-order valence-corrected chi connectivity index (χ0v) is 17.9. The van der Waals surface area contributed by atoms with Crippen LogP contribution in [0, 0.1) is 5.41 Å². The van der Waals surface area contributed by atoms with E-state index in [0.29, 0.717) is 35.7 Å². The quantitative estimate of drug-likeness (QED) is 0.275. The van der Waals surface area contributed by atoms with Crippen LogP contribution in [0.15, 0.2) is 67.0 Å².